The minimum atomic E-state index is -0.127. The quantitative estimate of drug-likeness (QED) is 0.452. The van der Waals surface area contributed by atoms with Gasteiger partial charge < -0.3 is 14.5 Å². The van der Waals surface area contributed by atoms with Gasteiger partial charge >= 0.3 is 5.97 Å². The van der Waals surface area contributed by atoms with Crippen LogP contribution in [0, 0.1) is 5.92 Å². The summed E-state index contributed by atoms with van der Waals surface area (Å²) in [4.78, 5) is 24.0. The predicted molar refractivity (Wildman–Crippen MR) is 132 cm³/mol. The topological polar surface area (TPSA) is 103 Å². The Morgan fingerprint density at radius 3 is 2.37 bits per heavy atom. The molecular formula is C27H33N5O3. The Morgan fingerprint density at radius 2 is 1.69 bits per heavy atom. The van der Waals surface area contributed by atoms with Gasteiger partial charge in [0, 0.05) is 41.9 Å². The van der Waals surface area contributed by atoms with Crippen LogP contribution in [0.25, 0.3) is 22.6 Å². The molecule has 0 spiro atoms. The predicted octanol–water partition coefficient (Wildman–Crippen LogP) is 5.48. The third kappa shape index (κ3) is 5.86. The van der Waals surface area contributed by atoms with Crippen molar-refractivity contribution in [2.45, 2.75) is 76.2 Å². The summed E-state index contributed by atoms with van der Waals surface area (Å²) in [5.41, 5.74) is 2.72. The van der Waals surface area contributed by atoms with Gasteiger partial charge in [0.1, 0.15) is 11.9 Å². The zero-order valence-corrected chi connectivity index (χ0v) is 20.3. The first-order valence-corrected chi connectivity index (χ1v) is 12.8. The van der Waals surface area contributed by atoms with E-state index in [1.165, 1.54) is 39.2 Å². The lowest BCUT2D eigenvalue weighted by atomic mass is 9.85. The van der Waals surface area contributed by atoms with Gasteiger partial charge in [-0.1, -0.05) is 19.3 Å². The highest BCUT2D eigenvalue weighted by molar-refractivity contribution is 5.69. The number of nitrogens with one attached hydrogen (secondary N) is 1. The van der Waals surface area contributed by atoms with Crippen LogP contribution in [0.3, 0.4) is 0 Å². The molecule has 2 saturated carbocycles. The summed E-state index contributed by atoms with van der Waals surface area (Å²) in [5, 5.41) is 8.75. The minimum Gasteiger partial charge on any atom is -0.474 e. The average molecular weight is 476 g/mol. The number of hydrogen-bond acceptors (Lipinski definition) is 7. The van der Waals surface area contributed by atoms with Crippen LogP contribution in [0.15, 0.2) is 36.7 Å². The molecule has 3 heterocycles. The lowest BCUT2D eigenvalue weighted by Crippen LogP contribution is -2.25. The molecule has 0 atom stereocenters. The SMILES string of the molecule is COC(=O)C[C@H]1CC[C@@H](Oc2ccc(-c3ccc(-c4nnc(C5CCCCC5)[nH]4)cn3)cn2)CC1. The second kappa shape index (κ2) is 11.0. The molecule has 0 amide bonds. The Hall–Kier alpha value is -3.29. The van der Waals surface area contributed by atoms with Gasteiger partial charge in [0.05, 0.1) is 12.8 Å². The van der Waals surface area contributed by atoms with E-state index in [2.05, 4.69) is 25.1 Å². The fourth-order valence-electron chi connectivity index (χ4n) is 5.21. The van der Waals surface area contributed by atoms with Crippen molar-refractivity contribution in [1.82, 2.24) is 25.1 Å². The Balaban J connectivity index is 1.16. The van der Waals surface area contributed by atoms with Crippen molar-refractivity contribution in [3.8, 4) is 28.5 Å². The average Bonchev–Trinajstić information content (AvgIpc) is 3.41. The molecular weight excluding hydrogens is 442 g/mol. The molecule has 2 aliphatic rings. The first-order valence-electron chi connectivity index (χ1n) is 12.8. The molecule has 0 radical (unpaired) electrons. The van der Waals surface area contributed by atoms with Gasteiger partial charge in [-0.15, -0.1) is 10.2 Å². The lowest BCUT2D eigenvalue weighted by Gasteiger charge is -2.28. The van der Waals surface area contributed by atoms with E-state index in [-0.39, 0.29) is 12.1 Å². The van der Waals surface area contributed by atoms with Crippen LogP contribution >= 0.6 is 0 Å². The Bertz CT molecular complexity index is 1100. The standard InChI is InChI=1S/C27H33N5O3/c1-34-25(33)15-18-7-11-22(12-8-18)35-24-14-10-20(16-29-24)23-13-9-21(17-28-23)27-30-26(31-32-27)19-5-3-2-4-6-19/h9-10,13-14,16-19,22H,2-8,11-12,15H2,1H3,(H,30,31,32)/t18-,22+. The van der Waals surface area contributed by atoms with E-state index in [9.17, 15) is 4.79 Å². The van der Waals surface area contributed by atoms with Crippen LogP contribution in [-0.4, -0.2) is 44.3 Å². The Kier molecular flexibility index (Phi) is 7.35. The number of aromatic amines is 1. The molecule has 0 unspecified atom stereocenters. The molecule has 0 saturated heterocycles. The van der Waals surface area contributed by atoms with Crippen LogP contribution in [-0.2, 0) is 9.53 Å². The van der Waals surface area contributed by atoms with Crippen LogP contribution < -0.4 is 4.74 Å². The van der Waals surface area contributed by atoms with Crippen LogP contribution in [0.5, 0.6) is 5.88 Å². The molecule has 1 N–H and O–H groups in total. The second-order valence-corrected chi connectivity index (χ2v) is 9.75. The number of carbonyl (C=O) groups is 1. The first kappa shape index (κ1) is 23.5. The van der Waals surface area contributed by atoms with Crippen LogP contribution in [0.4, 0.5) is 0 Å². The van der Waals surface area contributed by atoms with Crippen molar-refractivity contribution in [3.63, 3.8) is 0 Å². The largest absolute Gasteiger partial charge is 0.474 e. The number of hydrogen-bond donors (Lipinski definition) is 1. The highest BCUT2D eigenvalue weighted by atomic mass is 16.5. The molecule has 3 aromatic rings. The molecule has 8 nitrogen and oxygen atoms in total. The molecule has 2 fully saturated rings. The molecule has 2 aliphatic carbocycles. The molecule has 3 aromatic heterocycles. The smallest absolute Gasteiger partial charge is 0.305 e. The van der Waals surface area contributed by atoms with Crippen molar-refractivity contribution in [1.29, 1.82) is 0 Å². The maximum Gasteiger partial charge on any atom is 0.305 e. The van der Waals surface area contributed by atoms with Crippen molar-refractivity contribution in [3.05, 3.63) is 42.5 Å². The van der Waals surface area contributed by atoms with E-state index in [1.807, 2.05) is 30.5 Å². The summed E-state index contributed by atoms with van der Waals surface area (Å²) in [7, 11) is 1.44. The maximum absolute atomic E-state index is 11.5. The van der Waals surface area contributed by atoms with Crippen molar-refractivity contribution in [2.24, 2.45) is 5.92 Å². The van der Waals surface area contributed by atoms with Crippen LogP contribution in [0.1, 0.15) is 76.0 Å². The summed E-state index contributed by atoms with van der Waals surface area (Å²) in [6, 6.07) is 7.89. The van der Waals surface area contributed by atoms with E-state index >= 15 is 0 Å². The third-order valence-corrected chi connectivity index (χ3v) is 7.33. The molecule has 35 heavy (non-hydrogen) atoms. The summed E-state index contributed by atoms with van der Waals surface area (Å²) >= 11 is 0. The van der Waals surface area contributed by atoms with E-state index in [0.29, 0.717) is 24.1 Å². The minimum absolute atomic E-state index is 0.127. The summed E-state index contributed by atoms with van der Waals surface area (Å²) < 4.78 is 10.9. The van der Waals surface area contributed by atoms with Gasteiger partial charge in [-0.3, -0.25) is 9.78 Å². The summed E-state index contributed by atoms with van der Waals surface area (Å²) in [6.07, 6.45) is 14.3. The number of methoxy groups -OCH3 is 1. The molecule has 5 rings (SSSR count). The van der Waals surface area contributed by atoms with Gasteiger partial charge in [0.15, 0.2) is 5.82 Å². The zero-order chi connectivity index (χ0) is 24.0. The fourth-order valence-corrected chi connectivity index (χ4v) is 5.21. The Morgan fingerprint density at radius 1 is 0.914 bits per heavy atom. The second-order valence-electron chi connectivity index (χ2n) is 9.75. The van der Waals surface area contributed by atoms with Gasteiger partial charge in [-0.2, -0.15) is 0 Å². The number of rotatable bonds is 7. The fraction of sp³-hybridized carbons (Fsp3) is 0.519. The normalized spacial score (nSPS) is 20.9. The lowest BCUT2D eigenvalue weighted by molar-refractivity contribution is -0.142. The molecule has 184 valence electrons. The van der Waals surface area contributed by atoms with Gasteiger partial charge in [-0.25, -0.2) is 4.98 Å². The van der Waals surface area contributed by atoms with Gasteiger partial charge in [0.25, 0.3) is 0 Å². The van der Waals surface area contributed by atoms with Crippen molar-refractivity contribution < 1.29 is 14.3 Å². The summed E-state index contributed by atoms with van der Waals surface area (Å²) in [6.45, 7) is 0. The number of esters is 1. The van der Waals surface area contributed by atoms with E-state index in [0.717, 1.165) is 54.2 Å². The van der Waals surface area contributed by atoms with Gasteiger partial charge in [-0.05, 0) is 62.6 Å². The number of carbonyl (C=O) groups excluding carboxylic acids is 1. The molecule has 8 heteroatoms. The number of pyridine rings is 2. The van der Waals surface area contributed by atoms with Crippen molar-refractivity contribution in [2.75, 3.05) is 7.11 Å². The number of ether oxygens (including phenoxy) is 2. The Labute approximate surface area is 205 Å². The highest BCUT2D eigenvalue weighted by Crippen LogP contribution is 2.32. The number of aromatic nitrogens is 5. The monoisotopic (exact) mass is 475 g/mol. The highest BCUT2D eigenvalue weighted by Gasteiger charge is 2.25. The van der Waals surface area contributed by atoms with Gasteiger partial charge in [0.2, 0.25) is 5.88 Å². The van der Waals surface area contributed by atoms with E-state index in [4.69, 9.17) is 9.47 Å². The van der Waals surface area contributed by atoms with E-state index < -0.39 is 0 Å². The van der Waals surface area contributed by atoms with E-state index in [1.54, 1.807) is 6.20 Å². The molecule has 0 aromatic carbocycles. The number of nitrogens with zero attached hydrogens (tertiary/aromatic N) is 4. The molecule has 0 aliphatic heterocycles. The summed E-state index contributed by atoms with van der Waals surface area (Å²) in [5.74, 6) is 3.16. The molecule has 0 bridgehead atoms. The first-order chi connectivity index (χ1) is 17.2. The van der Waals surface area contributed by atoms with Crippen molar-refractivity contribution >= 4 is 5.97 Å². The maximum atomic E-state index is 11.5. The van der Waals surface area contributed by atoms with Crippen LogP contribution in [0.2, 0.25) is 0 Å². The number of H-pyrrole nitrogens is 1. The zero-order valence-electron chi connectivity index (χ0n) is 20.3. The third-order valence-electron chi connectivity index (χ3n) is 7.33.